The molecule has 1 atom stereocenters. The van der Waals surface area contributed by atoms with Crippen molar-refractivity contribution in [2.24, 2.45) is 0 Å². The lowest BCUT2D eigenvalue weighted by Crippen LogP contribution is -2.33. The van der Waals surface area contributed by atoms with Crippen molar-refractivity contribution in [3.63, 3.8) is 0 Å². The third-order valence-electron chi connectivity index (χ3n) is 5.48. The number of fused-ring (bicyclic) bond motifs is 3. The molecule has 1 heterocycles. The fourth-order valence-electron chi connectivity index (χ4n) is 3.88. The van der Waals surface area contributed by atoms with Gasteiger partial charge in [-0.15, -0.1) is 0 Å². The molecule has 0 spiro atoms. The Kier molecular flexibility index (Phi) is 4.62. The van der Waals surface area contributed by atoms with Gasteiger partial charge >= 0.3 is 0 Å². The summed E-state index contributed by atoms with van der Waals surface area (Å²) in [6, 6.07) is 13.8. The van der Waals surface area contributed by atoms with Crippen molar-refractivity contribution < 1.29 is 9.53 Å². The number of benzene rings is 2. The maximum atomic E-state index is 12.6. The van der Waals surface area contributed by atoms with E-state index in [1.807, 2.05) is 18.2 Å². The summed E-state index contributed by atoms with van der Waals surface area (Å²) in [6.07, 6.45) is 3.28. The van der Waals surface area contributed by atoms with Crippen LogP contribution in [0.4, 0.5) is 5.69 Å². The molecule has 0 saturated heterocycles. The predicted octanol–water partition coefficient (Wildman–Crippen LogP) is 3.85. The number of rotatable bonds is 4. The number of H-pyrrole nitrogens is 1. The van der Waals surface area contributed by atoms with Gasteiger partial charge in [0.1, 0.15) is 5.75 Å². The van der Waals surface area contributed by atoms with E-state index in [1.165, 1.54) is 23.1 Å². The number of carbonyl (C=O) groups is 1. The summed E-state index contributed by atoms with van der Waals surface area (Å²) in [6.45, 7) is 0. The van der Waals surface area contributed by atoms with E-state index in [1.54, 1.807) is 19.2 Å². The summed E-state index contributed by atoms with van der Waals surface area (Å²) < 4.78 is 5.21. The largest absolute Gasteiger partial charge is 0.497 e. The first-order valence-corrected chi connectivity index (χ1v) is 9.30. The number of aromatic nitrogens is 1. The zero-order valence-electron chi connectivity index (χ0n) is 16.0. The molecule has 2 N–H and O–H groups in total. The first kappa shape index (κ1) is 17.6. The molecule has 0 bridgehead atoms. The van der Waals surface area contributed by atoms with Crippen LogP contribution in [0.2, 0.25) is 0 Å². The van der Waals surface area contributed by atoms with Gasteiger partial charge in [-0.25, -0.2) is 0 Å². The normalized spacial score (nSPS) is 16.4. The first-order chi connectivity index (χ1) is 13.0. The third kappa shape index (κ3) is 3.43. The number of nitrogens with one attached hydrogen (secondary N) is 2. The van der Waals surface area contributed by atoms with Gasteiger partial charge < -0.3 is 19.9 Å². The molecule has 1 amide bonds. The van der Waals surface area contributed by atoms with E-state index >= 15 is 0 Å². The van der Waals surface area contributed by atoms with Crippen molar-refractivity contribution in [1.29, 1.82) is 0 Å². The number of carbonyl (C=O) groups excluding carboxylic acids is 1. The number of aryl methyl sites for hydroxylation is 1. The minimum atomic E-state index is -0.135. The Morgan fingerprint density at radius 1 is 1.22 bits per heavy atom. The Morgan fingerprint density at radius 2 is 2.07 bits per heavy atom. The molecule has 3 aromatic rings. The van der Waals surface area contributed by atoms with Crippen molar-refractivity contribution in [3.05, 3.63) is 59.3 Å². The van der Waals surface area contributed by atoms with Crippen molar-refractivity contribution >= 4 is 22.5 Å². The number of amides is 1. The van der Waals surface area contributed by atoms with Crippen LogP contribution in [0.25, 0.3) is 10.9 Å². The third-order valence-corrected chi connectivity index (χ3v) is 5.48. The topological polar surface area (TPSA) is 57.4 Å². The molecular formula is C22H25N3O2. The summed E-state index contributed by atoms with van der Waals surface area (Å²) >= 11 is 0. The number of aromatic amines is 1. The van der Waals surface area contributed by atoms with Crippen LogP contribution in [0, 0.1) is 0 Å². The SMILES string of the molecule is COc1cccc(C(=O)Nc2ccc3[nH]c4c(c3c2)CC(N(C)C)CC4)c1. The number of methoxy groups -OCH3 is 1. The monoisotopic (exact) mass is 363 g/mol. The van der Waals surface area contributed by atoms with Crippen molar-refractivity contribution in [1.82, 2.24) is 9.88 Å². The number of ether oxygens (including phenoxy) is 1. The minimum Gasteiger partial charge on any atom is -0.497 e. The second-order valence-electron chi connectivity index (χ2n) is 7.39. The fraction of sp³-hybridized carbons (Fsp3) is 0.318. The Bertz CT molecular complexity index is 990. The molecule has 5 nitrogen and oxygen atoms in total. The standard InChI is InChI=1S/C22H25N3O2/c1-25(2)16-8-10-21-19(13-16)18-12-15(7-9-20(18)24-21)23-22(26)14-5-4-6-17(11-14)27-3/h4-7,9,11-12,16,24H,8,10,13H2,1-3H3,(H,23,26). The van der Waals surface area contributed by atoms with Gasteiger partial charge in [-0.05, 0) is 75.3 Å². The molecule has 0 fully saturated rings. The molecule has 0 saturated carbocycles. The van der Waals surface area contributed by atoms with Crippen LogP contribution in [0.1, 0.15) is 28.0 Å². The highest BCUT2D eigenvalue weighted by Gasteiger charge is 2.23. The van der Waals surface area contributed by atoms with Gasteiger partial charge in [0.05, 0.1) is 7.11 Å². The lowest BCUT2D eigenvalue weighted by atomic mass is 9.91. The van der Waals surface area contributed by atoms with Crippen LogP contribution >= 0.6 is 0 Å². The van der Waals surface area contributed by atoms with E-state index in [9.17, 15) is 4.79 Å². The highest BCUT2D eigenvalue weighted by molar-refractivity contribution is 6.05. The zero-order valence-corrected chi connectivity index (χ0v) is 16.0. The average Bonchev–Trinajstić information content (AvgIpc) is 3.05. The lowest BCUT2D eigenvalue weighted by Gasteiger charge is -2.28. The fourth-order valence-corrected chi connectivity index (χ4v) is 3.88. The van der Waals surface area contributed by atoms with Crippen molar-refractivity contribution in [2.45, 2.75) is 25.3 Å². The number of anilines is 1. The molecule has 1 unspecified atom stereocenters. The van der Waals surface area contributed by atoms with Crippen LogP contribution in [0.15, 0.2) is 42.5 Å². The van der Waals surface area contributed by atoms with Gasteiger partial charge in [0.15, 0.2) is 0 Å². The molecule has 0 radical (unpaired) electrons. The van der Waals surface area contributed by atoms with Crippen LogP contribution in [-0.2, 0) is 12.8 Å². The Labute approximate surface area is 159 Å². The highest BCUT2D eigenvalue weighted by Crippen LogP contribution is 2.32. The average molecular weight is 363 g/mol. The molecule has 1 aromatic heterocycles. The van der Waals surface area contributed by atoms with E-state index < -0.39 is 0 Å². The summed E-state index contributed by atoms with van der Waals surface area (Å²) in [4.78, 5) is 18.5. The van der Waals surface area contributed by atoms with Crippen LogP contribution in [0.5, 0.6) is 5.75 Å². The maximum Gasteiger partial charge on any atom is 0.255 e. The van der Waals surface area contributed by atoms with Crippen LogP contribution < -0.4 is 10.1 Å². The van der Waals surface area contributed by atoms with Crippen LogP contribution in [0.3, 0.4) is 0 Å². The van der Waals surface area contributed by atoms with E-state index in [0.29, 0.717) is 17.4 Å². The molecule has 1 aliphatic carbocycles. The molecule has 2 aromatic carbocycles. The van der Waals surface area contributed by atoms with E-state index in [0.717, 1.165) is 24.0 Å². The zero-order chi connectivity index (χ0) is 19.0. The van der Waals surface area contributed by atoms with Crippen LogP contribution in [-0.4, -0.2) is 43.0 Å². The summed E-state index contributed by atoms with van der Waals surface area (Å²) in [7, 11) is 5.88. The summed E-state index contributed by atoms with van der Waals surface area (Å²) in [5, 5.41) is 4.22. The second-order valence-corrected chi connectivity index (χ2v) is 7.39. The molecule has 27 heavy (non-hydrogen) atoms. The second kappa shape index (κ2) is 7.08. The molecule has 140 valence electrons. The quantitative estimate of drug-likeness (QED) is 0.740. The van der Waals surface area contributed by atoms with Gasteiger partial charge in [0.2, 0.25) is 0 Å². The molecule has 0 aliphatic heterocycles. The smallest absolute Gasteiger partial charge is 0.255 e. The van der Waals surface area contributed by atoms with Gasteiger partial charge in [-0.3, -0.25) is 4.79 Å². The van der Waals surface area contributed by atoms with Crippen molar-refractivity contribution in [3.8, 4) is 5.75 Å². The first-order valence-electron chi connectivity index (χ1n) is 9.30. The summed E-state index contributed by atoms with van der Waals surface area (Å²) in [5.74, 6) is 0.538. The number of nitrogens with zero attached hydrogens (tertiary/aromatic N) is 1. The maximum absolute atomic E-state index is 12.6. The molecule has 4 rings (SSSR count). The van der Waals surface area contributed by atoms with E-state index in [-0.39, 0.29) is 5.91 Å². The van der Waals surface area contributed by atoms with Gasteiger partial charge in [-0.1, -0.05) is 6.07 Å². The molecular weight excluding hydrogens is 338 g/mol. The van der Waals surface area contributed by atoms with Crippen molar-refractivity contribution in [2.75, 3.05) is 26.5 Å². The Morgan fingerprint density at radius 3 is 2.85 bits per heavy atom. The van der Waals surface area contributed by atoms with Gasteiger partial charge in [-0.2, -0.15) is 0 Å². The van der Waals surface area contributed by atoms with E-state index in [4.69, 9.17) is 4.74 Å². The number of likely N-dealkylation sites (N-methyl/N-ethyl adjacent to an activating group) is 1. The highest BCUT2D eigenvalue weighted by atomic mass is 16.5. The number of hydrogen-bond acceptors (Lipinski definition) is 3. The Hall–Kier alpha value is -2.79. The predicted molar refractivity (Wildman–Crippen MR) is 109 cm³/mol. The minimum absolute atomic E-state index is 0.135. The van der Waals surface area contributed by atoms with Gasteiger partial charge in [0, 0.05) is 33.9 Å². The van der Waals surface area contributed by atoms with E-state index in [2.05, 4.69) is 41.4 Å². The molecule has 5 heteroatoms. The number of hydrogen-bond donors (Lipinski definition) is 2. The summed E-state index contributed by atoms with van der Waals surface area (Å²) in [5.41, 5.74) is 5.24. The molecule has 1 aliphatic rings. The lowest BCUT2D eigenvalue weighted by molar-refractivity contribution is 0.102. The van der Waals surface area contributed by atoms with Gasteiger partial charge in [0.25, 0.3) is 5.91 Å². The Balaban J connectivity index is 1.61.